The Hall–Kier alpha value is -3.29. The van der Waals surface area contributed by atoms with E-state index in [4.69, 9.17) is 9.57 Å². The van der Waals surface area contributed by atoms with Crippen LogP contribution < -0.4 is 21.3 Å². The summed E-state index contributed by atoms with van der Waals surface area (Å²) in [5.74, 6) is -0.288. The Morgan fingerprint density at radius 3 is 2.24 bits per heavy atom. The molecular formula is C27H38F6N8O4Si. The molecule has 4 heterocycles. The SMILES string of the molecule is C[C@@H](CONC(=O)CN1C2CCC1CN(c1ncc(C(F)(F)F)cn1)C2)Nc1cnn(COCC[Si](C)(C)C)c(=O)c1C(F)(F)F. The minimum atomic E-state index is -4.96. The van der Waals surface area contributed by atoms with Gasteiger partial charge in [0, 0.05) is 58.3 Å². The van der Waals surface area contributed by atoms with E-state index >= 15 is 0 Å². The molecule has 46 heavy (non-hydrogen) atoms. The van der Waals surface area contributed by atoms with Gasteiger partial charge in [0.15, 0.2) is 0 Å². The number of carbonyl (C=O) groups excluding carboxylic acids is 1. The lowest BCUT2D eigenvalue weighted by Gasteiger charge is -2.40. The number of halogens is 6. The number of piperazine rings is 1. The Kier molecular flexibility index (Phi) is 11.0. The highest BCUT2D eigenvalue weighted by atomic mass is 28.3. The minimum Gasteiger partial charge on any atom is -0.378 e. The fourth-order valence-corrected chi connectivity index (χ4v) is 6.05. The zero-order chi connectivity index (χ0) is 33.9. The second-order valence-electron chi connectivity index (χ2n) is 12.7. The van der Waals surface area contributed by atoms with E-state index in [1.807, 2.05) is 4.90 Å². The normalized spacial score (nSPS) is 19.7. The van der Waals surface area contributed by atoms with E-state index in [0.29, 0.717) is 24.4 Å². The van der Waals surface area contributed by atoms with Gasteiger partial charge < -0.3 is 15.0 Å². The standard InChI is InChI=1S/C27H38F6N8O4Si/c1-17(37-21-11-36-41(16-44-7-8-46(2,3)4)24(43)23(21)27(31,32)33)15-45-38-22(42)14-40-19-5-6-20(40)13-39(12-19)25-34-9-18(10-35-25)26(28,29)30/h9-11,17,19-20,37H,5-8,12-16H2,1-4H3,(H,38,42)/t17-,19?,20?/m0/s1. The molecule has 0 saturated carbocycles. The van der Waals surface area contributed by atoms with Crippen LogP contribution in [0.15, 0.2) is 23.4 Å². The summed E-state index contributed by atoms with van der Waals surface area (Å²) in [4.78, 5) is 42.0. The number of nitrogens with zero attached hydrogens (tertiary/aromatic N) is 6. The molecular weight excluding hydrogens is 642 g/mol. The molecule has 2 aromatic rings. The first kappa shape index (κ1) is 35.6. The first-order valence-corrected chi connectivity index (χ1v) is 18.5. The van der Waals surface area contributed by atoms with Crippen molar-refractivity contribution in [2.45, 2.75) is 82.7 Å². The van der Waals surface area contributed by atoms with Gasteiger partial charge in [-0.2, -0.15) is 31.4 Å². The van der Waals surface area contributed by atoms with Crippen molar-refractivity contribution >= 4 is 25.6 Å². The molecule has 3 atom stereocenters. The van der Waals surface area contributed by atoms with Gasteiger partial charge in [-0.25, -0.2) is 20.1 Å². The molecule has 0 radical (unpaired) electrons. The van der Waals surface area contributed by atoms with Crippen molar-refractivity contribution in [3.05, 3.63) is 40.1 Å². The Balaban J connectivity index is 1.25. The number of anilines is 2. The molecule has 2 fully saturated rings. The molecule has 0 aliphatic carbocycles. The number of nitrogens with one attached hydrogen (secondary N) is 2. The quantitative estimate of drug-likeness (QED) is 0.140. The Morgan fingerprint density at radius 1 is 1.04 bits per heavy atom. The number of hydrogen-bond donors (Lipinski definition) is 2. The van der Waals surface area contributed by atoms with Crippen molar-refractivity contribution in [3.8, 4) is 0 Å². The van der Waals surface area contributed by atoms with Crippen LogP contribution >= 0.6 is 0 Å². The fourth-order valence-electron chi connectivity index (χ4n) is 5.29. The number of fused-ring (bicyclic) bond motifs is 2. The largest absolute Gasteiger partial charge is 0.423 e. The van der Waals surface area contributed by atoms with Gasteiger partial charge in [-0.1, -0.05) is 19.6 Å². The molecule has 12 nitrogen and oxygen atoms in total. The zero-order valence-corrected chi connectivity index (χ0v) is 26.9. The summed E-state index contributed by atoms with van der Waals surface area (Å²) in [6.45, 7) is 8.40. The van der Waals surface area contributed by atoms with Gasteiger partial charge in [-0.15, -0.1) is 0 Å². The van der Waals surface area contributed by atoms with E-state index in [1.165, 1.54) is 6.92 Å². The summed E-state index contributed by atoms with van der Waals surface area (Å²) in [6.07, 6.45) is -5.54. The molecule has 0 aromatic carbocycles. The van der Waals surface area contributed by atoms with E-state index in [1.54, 1.807) is 4.90 Å². The Bertz CT molecular complexity index is 1390. The molecule has 4 rings (SSSR count). The van der Waals surface area contributed by atoms with Gasteiger partial charge in [-0.05, 0) is 25.8 Å². The van der Waals surface area contributed by atoms with Crippen molar-refractivity contribution in [2.75, 3.05) is 43.1 Å². The van der Waals surface area contributed by atoms with Crippen LogP contribution in [0.1, 0.15) is 30.9 Å². The van der Waals surface area contributed by atoms with Crippen molar-refractivity contribution < 1.29 is 40.7 Å². The van der Waals surface area contributed by atoms with Crippen molar-refractivity contribution in [2.24, 2.45) is 0 Å². The topological polar surface area (TPSA) is 127 Å². The summed E-state index contributed by atoms with van der Waals surface area (Å²) < 4.78 is 86.1. The molecule has 2 unspecified atom stereocenters. The third kappa shape index (κ3) is 9.38. The molecule has 2 saturated heterocycles. The van der Waals surface area contributed by atoms with Crippen LogP contribution in [0.5, 0.6) is 0 Å². The Morgan fingerprint density at radius 2 is 1.67 bits per heavy atom. The summed E-state index contributed by atoms with van der Waals surface area (Å²) in [5, 5.41) is 6.41. The van der Waals surface area contributed by atoms with Gasteiger partial charge in [0.2, 0.25) is 5.95 Å². The maximum Gasteiger partial charge on any atom is 0.423 e. The number of amides is 1. The molecule has 2 N–H and O–H groups in total. The number of ether oxygens (including phenoxy) is 1. The molecule has 1 amide bonds. The third-order valence-corrected chi connectivity index (χ3v) is 9.37. The molecule has 2 aromatic heterocycles. The lowest BCUT2D eigenvalue weighted by molar-refractivity contribution is -0.139. The van der Waals surface area contributed by atoms with E-state index in [-0.39, 0.29) is 31.2 Å². The van der Waals surface area contributed by atoms with Gasteiger partial charge in [0.1, 0.15) is 12.3 Å². The smallest absolute Gasteiger partial charge is 0.378 e. The van der Waals surface area contributed by atoms with Crippen LogP contribution in [0.2, 0.25) is 25.7 Å². The van der Waals surface area contributed by atoms with Crippen LogP contribution in [0.3, 0.4) is 0 Å². The molecule has 2 bridgehead atoms. The van der Waals surface area contributed by atoms with Gasteiger partial charge in [0.05, 0.1) is 30.6 Å². The van der Waals surface area contributed by atoms with Crippen LogP contribution in [0.25, 0.3) is 0 Å². The monoisotopic (exact) mass is 680 g/mol. The molecule has 2 aliphatic rings. The van der Waals surface area contributed by atoms with Gasteiger partial charge in [0.25, 0.3) is 11.5 Å². The highest BCUT2D eigenvalue weighted by Gasteiger charge is 2.42. The predicted molar refractivity (Wildman–Crippen MR) is 158 cm³/mol. The molecule has 256 valence electrons. The number of aromatic nitrogens is 4. The third-order valence-electron chi connectivity index (χ3n) is 7.67. The van der Waals surface area contributed by atoms with E-state index in [2.05, 4.69) is 45.5 Å². The lowest BCUT2D eigenvalue weighted by atomic mass is 10.2. The molecule has 19 heteroatoms. The number of hydroxylamine groups is 1. The average molecular weight is 681 g/mol. The van der Waals surface area contributed by atoms with Gasteiger partial charge >= 0.3 is 12.4 Å². The second-order valence-corrected chi connectivity index (χ2v) is 18.3. The van der Waals surface area contributed by atoms with Crippen molar-refractivity contribution in [3.63, 3.8) is 0 Å². The minimum absolute atomic E-state index is 0.0147. The maximum atomic E-state index is 13.9. The number of carbonyl (C=O) groups is 1. The Labute approximate surface area is 262 Å². The van der Waals surface area contributed by atoms with Crippen molar-refractivity contribution in [1.29, 1.82) is 0 Å². The van der Waals surface area contributed by atoms with Crippen LogP contribution in [0.4, 0.5) is 38.0 Å². The van der Waals surface area contributed by atoms with E-state index < -0.39 is 61.5 Å². The first-order valence-electron chi connectivity index (χ1n) is 14.7. The van der Waals surface area contributed by atoms with Crippen LogP contribution in [-0.4, -0.2) is 89.6 Å². The highest BCUT2D eigenvalue weighted by Crippen LogP contribution is 2.33. The molecule has 2 aliphatic heterocycles. The average Bonchev–Trinajstić information content (AvgIpc) is 3.15. The summed E-state index contributed by atoms with van der Waals surface area (Å²) in [7, 11) is -1.43. The number of alkyl halides is 6. The summed E-state index contributed by atoms with van der Waals surface area (Å²) in [5.41, 5.74) is -1.91. The van der Waals surface area contributed by atoms with E-state index in [0.717, 1.165) is 37.5 Å². The highest BCUT2D eigenvalue weighted by molar-refractivity contribution is 6.76. The lowest BCUT2D eigenvalue weighted by Crippen LogP contribution is -2.56. The van der Waals surface area contributed by atoms with Crippen LogP contribution in [0, 0.1) is 0 Å². The molecule has 0 spiro atoms. The van der Waals surface area contributed by atoms with Crippen LogP contribution in [-0.2, 0) is 33.5 Å². The summed E-state index contributed by atoms with van der Waals surface area (Å²) in [6, 6.07) is -0.0927. The zero-order valence-electron chi connectivity index (χ0n) is 25.9. The predicted octanol–water partition coefficient (Wildman–Crippen LogP) is 3.58. The second kappa shape index (κ2) is 14.2. The first-order chi connectivity index (χ1) is 21.4. The van der Waals surface area contributed by atoms with Crippen molar-refractivity contribution in [1.82, 2.24) is 30.1 Å². The fraction of sp³-hybridized carbons (Fsp3) is 0.667. The van der Waals surface area contributed by atoms with E-state index in [9.17, 15) is 35.9 Å². The number of hydrogen-bond acceptors (Lipinski definition) is 10. The number of rotatable bonds is 13. The maximum absolute atomic E-state index is 13.9. The van der Waals surface area contributed by atoms with Gasteiger partial charge in [-0.3, -0.25) is 19.3 Å². The summed E-state index contributed by atoms with van der Waals surface area (Å²) >= 11 is 0.